The quantitative estimate of drug-likeness (QED) is 0.429. The molecule has 0 spiro atoms. The SMILES string of the molecule is N=c1c2cnn(-c3ncnc4sc5c(c34)-c3ccccc3CC5)c2ncn1N. The number of aromatic nitrogens is 6. The molecule has 5 aromatic rings. The molecule has 0 radical (unpaired) electrons. The molecule has 0 bridgehead atoms. The summed E-state index contributed by atoms with van der Waals surface area (Å²) in [6.07, 6.45) is 6.61. The predicted molar refractivity (Wildman–Crippen MR) is 107 cm³/mol. The number of nitrogens with one attached hydrogen (secondary N) is 1. The van der Waals surface area contributed by atoms with Gasteiger partial charge in [-0.25, -0.2) is 19.6 Å². The fraction of sp³-hybridized carbons (Fsp3) is 0.105. The zero-order valence-corrected chi connectivity index (χ0v) is 15.4. The number of fused-ring (bicyclic) bond motifs is 6. The van der Waals surface area contributed by atoms with Crippen LogP contribution in [0.25, 0.3) is 38.2 Å². The van der Waals surface area contributed by atoms with Gasteiger partial charge in [0.25, 0.3) is 0 Å². The topological polar surface area (TPSA) is 111 Å². The second-order valence-electron chi connectivity index (χ2n) is 6.73. The minimum atomic E-state index is 0.152. The number of rotatable bonds is 1. The van der Waals surface area contributed by atoms with Gasteiger partial charge in [-0.1, -0.05) is 24.3 Å². The van der Waals surface area contributed by atoms with Gasteiger partial charge in [0.15, 0.2) is 17.0 Å². The monoisotopic (exact) mass is 386 g/mol. The Morgan fingerprint density at radius 2 is 2.00 bits per heavy atom. The molecule has 0 amide bonds. The summed E-state index contributed by atoms with van der Waals surface area (Å²) in [5, 5.41) is 14.2. The van der Waals surface area contributed by atoms with Crippen LogP contribution in [0, 0.1) is 5.41 Å². The Bertz CT molecular complexity index is 1460. The van der Waals surface area contributed by atoms with E-state index in [4.69, 9.17) is 11.3 Å². The first kappa shape index (κ1) is 15.5. The summed E-state index contributed by atoms with van der Waals surface area (Å²) in [6, 6.07) is 8.49. The summed E-state index contributed by atoms with van der Waals surface area (Å²) >= 11 is 1.71. The van der Waals surface area contributed by atoms with Crippen molar-refractivity contribution in [1.82, 2.24) is 29.4 Å². The van der Waals surface area contributed by atoms with Gasteiger partial charge < -0.3 is 5.84 Å². The summed E-state index contributed by atoms with van der Waals surface area (Å²) in [4.78, 5) is 15.7. The Balaban J connectivity index is 1.72. The van der Waals surface area contributed by atoms with E-state index < -0.39 is 0 Å². The molecular formula is C19H14N8S. The van der Waals surface area contributed by atoms with Crippen molar-refractivity contribution in [2.45, 2.75) is 12.8 Å². The Morgan fingerprint density at radius 3 is 2.93 bits per heavy atom. The van der Waals surface area contributed by atoms with E-state index in [1.54, 1.807) is 28.5 Å². The summed E-state index contributed by atoms with van der Waals surface area (Å²) < 4.78 is 2.86. The Labute approximate surface area is 162 Å². The maximum atomic E-state index is 8.16. The lowest BCUT2D eigenvalue weighted by molar-refractivity contribution is 0.840. The van der Waals surface area contributed by atoms with E-state index in [2.05, 4.69) is 44.3 Å². The lowest BCUT2D eigenvalue weighted by Crippen LogP contribution is -2.27. The van der Waals surface area contributed by atoms with Crippen LogP contribution in [-0.4, -0.2) is 29.4 Å². The molecule has 28 heavy (non-hydrogen) atoms. The third-order valence-corrected chi connectivity index (χ3v) is 6.37. The first-order valence-corrected chi connectivity index (χ1v) is 9.64. The number of benzene rings is 1. The molecule has 0 aliphatic heterocycles. The second-order valence-corrected chi connectivity index (χ2v) is 7.81. The van der Waals surface area contributed by atoms with E-state index in [1.165, 1.54) is 32.6 Å². The van der Waals surface area contributed by atoms with E-state index >= 15 is 0 Å². The fourth-order valence-corrected chi connectivity index (χ4v) is 5.06. The number of nitrogens with zero attached hydrogens (tertiary/aromatic N) is 6. The normalized spacial score (nSPS) is 13.0. The molecule has 0 saturated heterocycles. The van der Waals surface area contributed by atoms with Crippen LogP contribution in [0.3, 0.4) is 0 Å². The van der Waals surface area contributed by atoms with E-state index in [-0.39, 0.29) is 5.49 Å². The minimum Gasteiger partial charge on any atom is -0.336 e. The highest BCUT2D eigenvalue weighted by atomic mass is 32.1. The maximum Gasteiger partial charge on any atom is 0.170 e. The summed E-state index contributed by atoms with van der Waals surface area (Å²) in [5.74, 6) is 6.43. The summed E-state index contributed by atoms with van der Waals surface area (Å²) in [5.41, 5.74) is 4.47. The number of nitrogen functional groups attached to an aromatic ring is 1. The van der Waals surface area contributed by atoms with Crippen molar-refractivity contribution < 1.29 is 0 Å². The molecule has 1 aromatic carbocycles. The zero-order chi connectivity index (χ0) is 18.8. The smallest absolute Gasteiger partial charge is 0.170 e. The largest absolute Gasteiger partial charge is 0.336 e. The fourth-order valence-electron chi connectivity index (χ4n) is 3.92. The molecule has 4 heterocycles. The van der Waals surface area contributed by atoms with Crippen molar-refractivity contribution in [3.63, 3.8) is 0 Å². The zero-order valence-electron chi connectivity index (χ0n) is 14.6. The first-order chi connectivity index (χ1) is 13.7. The molecule has 0 fully saturated rings. The molecule has 0 unspecified atom stereocenters. The third kappa shape index (κ3) is 1.96. The van der Waals surface area contributed by atoms with Crippen LogP contribution < -0.4 is 11.3 Å². The van der Waals surface area contributed by atoms with Crippen LogP contribution in [0.5, 0.6) is 0 Å². The van der Waals surface area contributed by atoms with E-state index in [0.717, 1.165) is 23.1 Å². The molecule has 136 valence electrons. The number of aryl methyl sites for hydroxylation is 2. The van der Waals surface area contributed by atoms with Crippen molar-refractivity contribution in [3.8, 4) is 16.9 Å². The molecule has 1 aliphatic rings. The van der Waals surface area contributed by atoms with Crippen LogP contribution in [-0.2, 0) is 12.8 Å². The van der Waals surface area contributed by atoms with Crippen LogP contribution in [0.1, 0.15) is 10.4 Å². The minimum absolute atomic E-state index is 0.152. The Hall–Kier alpha value is -3.59. The van der Waals surface area contributed by atoms with E-state index in [9.17, 15) is 0 Å². The average Bonchev–Trinajstić information content (AvgIpc) is 3.32. The molecule has 0 saturated carbocycles. The van der Waals surface area contributed by atoms with Crippen LogP contribution in [0.15, 0.2) is 43.1 Å². The maximum absolute atomic E-state index is 8.16. The van der Waals surface area contributed by atoms with Gasteiger partial charge in [0, 0.05) is 10.4 Å². The summed E-state index contributed by atoms with van der Waals surface area (Å²) in [6.45, 7) is 0. The highest BCUT2D eigenvalue weighted by Crippen LogP contribution is 2.44. The molecule has 4 aromatic heterocycles. The molecule has 9 heteroatoms. The van der Waals surface area contributed by atoms with E-state index in [0.29, 0.717) is 16.9 Å². The molecule has 3 N–H and O–H groups in total. The van der Waals surface area contributed by atoms with Crippen molar-refractivity contribution in [1.29, 1.82) is 5.41 Å². The first-order valence-electron chi connectivity index (χ1n) is 8.82. The number of hydrogen-bond acceptors (Lipinski definition) is 7. The second kappa shape index (κ2) is 5.46. The Kier molecular flexibility index (Phi) is 3.01. The van der Waals surface area contributed by atoms with Gasteiger partial charge in [-0.15, -0.1) is 11.3 Å². The van der Waals surface area contributed by atoms with Crippen LogP contribution >= 0.6 is 11.3 Å². The highest BCUT2D eigenvalue weighted by Gasteiger charge is 2.25. The van der Waals surface area contributed by atoms with Crippen molar-refractivity contribution in [3.05, 3.63) is 59.0 Å². The lowest BCUT2D eigenvalue weighted by atomic mass is 9.89. The molecule has 6 rings (SSSR count). The van der Waals surface area contributed by atoms with Gasteiger partial charge >= 0.3 is 0 Å². The standard InChI is InChI=1S/C19H14N8S/c20-16-12-7-25-27(17(12)24-9-26(16)21)18-15-14-11-4-2-1-3-10(11)5-6-13(14)28-19(15)23-8-22-18/h1-4,7-9,20H,5-6,21H2. The van der Waals surface area contributed by atoms with Gasteiger partial charge in [-0.05, 0) is 24.0 Å². The van der Waals surface area contributed by atoms with E-state index in [1.807, 2.05) is 0 Å². The highest BCUT2D eigenvalue weighted by molar-refractivity contribution is 7.19. The van der Waals surface area contributed by atoms with Gasteiger partial charge in [0.05, 0.1) is 17.0 Å². The number of nitrogens with two attached hydrogens (primary N) is 1. The number of hydrogen-bond donors (Lipinski definition) is 2. The van der Waals surface area contributed by atoms with Crippen LogP contribution in [0.4, 0.5) is 0 Å². The molecule has 0 atom stereocenters. The van der Waals surface area contributed by atoms with Crippen molar-refractivity contribution in [2.24, 2.45) is 0 Å². The van der Waals surface area contributed by atoms with Gasteiger partial charge in [0.1, 0.15) is 17.5 Å². The molecule has 8 nitrogen and oxygen atoms in total. The average molecular weight is 386 g/mol. The molecule has 1 aliphatic carbocycles. The lowest BCUT2D eigenvalue weighted by Gasteiger charge is -2.17. The third-order valence-electron chi connectivity index (χ3n) is 5.21. The molecular weight excluding hydrogens is 372 g/mol. The predicted octanol–water partition coefficient (Wildman–Crippen LogP) is 2.19. The number of thiophene rings is 1. The van der Waals surface area contributed by atoms with Crippen LogP contribution in [0.2, 0.25) is 0 Å². The van der Waals surface area contributed by atoms with Crippen molar-refractivity contribution >= 4 is 32.6 Å². The summed E-state index contributed by atoms with van der Waals surface area (Å²) in [7, 11) is 0. The van der Waals surface area contributed by atoms with Crippen molar-refractivity contribution in [2.75, 3.05) is 5.84 Å². The van der Waals surface area contributed by atoms with Gasteiger partial charge in [0.2, 0.25) is 0 Å². The van der Waals surface area contributed by atoms with Gasteiger partial charge in [-0.2, -0.15) is 9.78 Å². The van der Waals surface area contributed by atoms with Gasteiger partial charge in [-0.3, -0.25) is 5.41 Å². The Morgan fingerprint density at radius 1 is 1.11 bits per heavy atom.